The monoisotopic (exact) mass is 547 g/mol. The predicted octanol–water partition coefficient (Wildman–Crippen LogP) is -1.50. The fourth-order valence-electron chi connectivity index (χ4n) is 3.37. The van der Waals surface area contributed by atoms with E-state index in [0.29, 0.717) is 12.8 Å². The van der Waals surface area contributed by atoms with Crippen LogP contribution >= 0.6 is 11.6 Å². The molecule has 0 bridgehead atoms. The maximum Gasteiger partial charge on any atom is 0.245 e. The van der Waals surface area contributed by atoms with E-state index in [0.717, 1.165) is 0 Å². The lowest BCUT2D eigenvalue weighted by Gasteiger charge is -2.27. The molecule has 212 valence electrons. The van der Waals surface area contributed by atoms with E-state index in [1.165, 1.54) is 6.92 Å². The number of nitrogens with two attached hydrogens (primary N) is 2. The summed E-state index contributed by atoms with van der Waals surface area (Å²) in [5, 5.41) is 19.8. The van der Waals surface area contributed by atoms with Crippen LogP contribution in [-0.4, -0.2) is 83.7 Å². The molecule has 0 aromatic carbocycles. The summed E-state index contributed by atoms with van der Waals surface area (Å²) < 4.78 is 0. The SMILES string of the molecule is CC(=O)N[C@@H](CCCN=C(N)N)C(=O)N[C@@H](CO)C(=O)N[C@H](C(=O)N[C@@H](CC(C)C)C(=O)CCl)C(C)C. The molecule has 4 amide bonds. The highest BCUT2D eigenvalue weighted by molar-refractivity contribution is 6.28. The molecule has 0 spiro atoms. The van der Waals surface area contributed by atoms with Gasteiger partial charge in [-0.1, -0.05) is 27.7 Å². The summed E-state index contributed by atoms with van der Waals surface area (Å²) in [7, 11) is 0. The van der Waals surface area contributed by atoms with Crippen LogP contribution in [0.4, 0.5) is 0 Å². The number of halogens is 1. The smallest absolute Gasteiger partial charge is 0.245 e. The van der Waals surface area contributed by atoms with Crippen molar-refractivity contribution in [3.63, 3.8) is 0 Å². The summed E-state index contributed by atoms with van der Waals surface area (Å²) >= 11 is 5.68. The summed E-state index contributed by atoms with van der Waals surface area (Å²) in [6, 6.07) is -4.27. The van der Waals surface area contributed by atoms with Gasteiger partial charge in [-0.2, -0.15) is 0 Å². The molecule has 0 radical (unpaired) electrons. The summed E-state index contributed by atoms with van der Waals surface area (Å²) in [4.78, 5) is 66.1. The fraction of sp³-hybridized carbons (Fsp3) is 0.739. The van der Waals surface area contributed by atoms with Gasteiger partial charge in [0.2, 0.25) is 23.6 Å². The van der Waals surface area contributed by atoms with Gasteiger partial charge in [-0.15, -0.1) is 11.6 Å². The fourth-order valence-corrected chi connectivity index (χ4v) is 3.56. The summed E-state index contributed by atoms with van der Waals surface area (Å²) in [5.74, 6) is -3.57. The zero-order valence-corrected chi connectivity index (χ0v) is 22.9. The van der Waals surface area contributed by atoms with Crippen molar-refractivity contribution in [1.82, 2.24) is 21.3 Å². The van der Waals surface area contributed by atoms with Crippen LogP contribution in [0.5, 0.6) is 0 Å². The van der Waals surface area contributed by atoms with E-state index in [9.17, 15) is 29.1 Å². The molecule has 0 rings (SSSR count). The molecule has 0 fully saturated rings. The standard InChI is InChI=1S/C23H42ClN7O6/c1-12(2)9-16(18(34)10-24)29-22(37)19(13(3)4)31-21(36)17(11-32)30-20(35)15(28-14(5)33)7-6-8-27-23(25)26/h12-13,15-17,19,32H,6-11H2,1-5H3,(H,28,33)(H,29,37)(H,30,35)(H,31,36)(H4,25,26,27)/t15-,16-,17-,19-/m0/s1. The van der Waals surface area contributed by atoms with Gasteiger partial charge in [0, 0.05) is 13.5 Å². The second-order valence-electron chi connectivity index (χ2n) is 9.47. The predicted molar refractivity (Wildman–Crippen MR) is 140 cm³/mol. The van der Waals surface area contributed by atoms with Gasteiger partial charge in [0.25, 0.3) is 0 Å². The number of nitrogens with one attached hydrogen (secondary N) is 4. The summed E-state index contributed by atoms with van der Waals surface area (Å²) in [5.41, 5.74) is 10.5. The molecule has 0 heterocycles. The van der Waals surface area contributed by atoms with Crippen LogP contribution in [-0.2, 0) is 24.0 Å². The number of aliphatic hydroxyl groups excluding tert-OH is 1. The number of Topliss-reactive ketones (excluding diaryl/α,β-unsaturated/α-hetero) is 1. The maximum absolute atomic E-state index is 12.9. The molecule has 37 heavy (non-hydrogen) atoms. The number of nitrogens with zero attached hydrogens (tertiary/aromatic N) is 1. The first-order chi connectivity index (χ1) is 17.2. The zero-order valence-electron chi connectivity index (χ0n) is 22.2. The minimum Gasteiger partial charge on any atom is -0.394 e. The Kier molecular flexibility index (Phi) is 16.1. The van der Waals surface area contributed by atoms with Crippen molar-refractivity contribution in [2.24, 2.45) is 28.3 Å². The van der Waals surface area contributed by atoms with Gasteiger partial charge >= 0.3 is 0 Å². The van der Waals surface area contributed by atoms with Gasteiger partial charge < -0.3 is 37.8 Å². The average Bonchev–Trinajstić information content (AvgIpc) is 2.80. The number of hydrogen-bond acceptors (Lipinski definition) is 7. The third kappa shape index (κ3) is 13.8. The van der Waals surface area contributed by atoms with Crippen LogP contribution in [0.25, 0.3) is 0 Å². The van der Waals surface area contributed by atoms with Gasteiger partial charge in [0.1, 0.15) is 18.1 Å². The lowest BCUT2D eigenvalue weighted by molar-refractivity contribution is -0.135. The Morgan fingerprint density at radius 1 is 0.865 bits per heavy atom. The van der Waals surface area contributed by atoms with Crippen molar-refractivity contribution in [3.8, 4) is 0 Å². The Hall–Kier alpha value is -2.93. The van der Waals surface area contributed by atoms with Crippen LogP contribution in [0.3, 0.4) is 0 Å². The lowest BCUT2D eigenvalue weighted by Crippen LogP contribution is -2.59. The van der Waals surface area contributed by atoms with E-state index < -0.39 is 54.4 Å². The summed E-state index contributed by atoms with van der Waals surface area (Å²) in [6.07, 6.45) is 0.907. The molecule has 13 nitrogen and oxygen atoms in total. The first kappa shape index (κ1) is 34.1. The number of guanidine groups is 1. The van der Waals surface area contributed by atoms with Gasteiger partial charge in [-0.05, 0) is 31.1 Å². The number of ketones is 1. The number of aliphatic imine (C=N–C) groups is 1. The molecule has 0 aliphatic heterocycles. The van der Waals surface area contributed by atoms with E-state index in [2.05, 4.69) is 26.3 Å². The largest absolute Gasteiger partial charge is 0.394 e. The number of carbonyl (C=O) groups excluding carboxylic acids is 5. The van der Waals surface area contributed by atoms with E-state index in [1.807, 2.05) is 13.8 Å². The Labute approximate surface area is 222 Å². The molecule has 4 atom stereocenters. The molecular weight excluding hydrogens is 506 g/mol. The normalized spacial score (nSPS) is 14.2. The Morgan fingerprint density at radius 2 is 1.43 bits per heavy atom. The van der Waals surface area contributed by atoms with Gasteiger partial charge in [-0.25, -0.2) is 0 Å². The quantitative estimate of drug-likeness (QED) is 0.0490. The summed E-state index contributed by atoms with van der Waals surface area (Å²) in [6.45, 7) is 7.89. The molecular formula is C23H42ClN7O6. The molecule has 0 saturated carbocycles. The van der Waals surface area contributed by atoms with Crippen LogP contribution in [0, 0.1) is 11.8 Å². The minimum absolute atomic E-state index is 0.106. The highest BCUT2D eigenvalue weighted by Gasteiger charge is 2.32. The van der Waals surface area contributed by atoms with Crippen LogP contribution in [0.15, 0.2) is 4.99 Å². The third-order valence-corrected chi connectivity index (χ3v) is 5.51. The van der Waals surface area contributed by atoms with Gasteiger partial charge in [0.15, 0.2) is 11.7 Å². The number of alkyl halides is 1. The molecule has 14 heteroatoms. The maximum atomic E-state index is 12.9. The minimum atomic E-state index is -1.40. The van der Waals surface area contributed by atoms with E-state index in [-0.39, 0.29) is 42.4 Å². The van der Waals surface area contributed by atoms with Crippen molar-refractivity contribution in [2.75, 3.05) is 19.0 Å². The second kappa shape index (κ2) is 17.5. The highest BCUT2D eigenvalue weighted by atomic mass is 35.5. The Morgan fingerprint density at radius 3 is 1.89 bits per heavy atom. The molecule has 0 unspecified atom stereocenters. The molecule has 0 aromatic rings. The first-order valence-electron chi connectivity index (χ1n) is 12.2. The van der Waals surface area contributed by atoms with Crippen molar-refractivity contribution >= 4 is 47.0 Å². The van der Waals surface area contributed by atoms with Crippen molar-refractivity contribution in [3.05, 3.63) is 0 Å². The first-order valence-corrected chi connectivity index (χ1v) is 12.7. The number of aliphatic hydroxyl groups is 1. The molecule has 0 saturated heterocycles. The average molecular weight is 548 g/mol. The van der Waals surface area contributed by atoms with Crippen molar-refractivity contribution in [1.29, 1.82) is 0 Å². The van der Waals surface area contributed by atoms with Crippen molar-refractivity contribution < 1.29 is 29.1 Å². The topological polar surface area (TPSA) is 218 Å². The van der Waals surface area contributed by atoms with Crippen LogP contribution in [0.2, 0.25) is 0 Å². The molecule has 0 aromatic heterocycles. The molecule has 0 aliphatic carbocycles. The Bertz CT molecular complexity index is 817. The number of hydrogen-bond donors (Lipinski definition) is 7. The second-order valence-corrected chi connectivity index (χ2v) is 9.73. The molecule has 0 aliphatic rings. The third-order valence-electron chi connectivity index (χ3n) is 5.25. The number of carbonyl (C=O) groups is 5. The van der Waals surface area contributed by atoms with Crippen molar-refractivity contribution in [2.45, 2.75) is 78.0 Å². The number of rotatable bonds is 17. The van der Waals surface area contributed by atoms with Crippen LogP contribution in [0.1, 0.15) is 53.9 Å². The van der Waals surface area contributed by atoms with E-state index in [1.54, 1.807) is 13.8 Å². The van der Waals surface area contributed by atoms with Crippen LogP contribution < -0.4 is 32.7 Å². The Balaban J connectivity index is 5.41. The zero-order chi connectivity index (χ0) is 28.7. The molecule has 9 N–H and O–H groups in total. The lowest BCUT2D eigenvalue weighted by atomic mass is 9.98. The highest BCUT2D eigenvalue weighted by Crippen LogP contribution is 2.09. The van der Waals surface area contributed by atoms with Gasteiger partial charge in [-0.3, -0.25) is 29.0 Å². The number of amides is 4. The van der Waals surface area contributed by atoms with E-state index >= 15 is 0 Å². The van der Waals surface area contributed by atoms with Gasteiger partial charge in [0.05, 0.1) is 18.5 Å². The van der Waals surface area contributed by atoms with E-state index in [4.69, 9.17) is 23.1 Å².